The van der Waals surface area contributed by atoms with Gasteiger partial charge in [0.2, 0.25) is 11.8 Å². The largest absolute Gasteiger partial charge is 0.457 e. The fourth-order valence-electron chi connectivity index (χ4n) is 16.3. The highest BCUT2D eigenvalue weighted by atomic mass is 16.5. The molecule has 2 atom stereocenters. The van der Waals surface area contributed by atoms with Gasteiger partial charge in [0, 0.05) is 85.2 Å². The van der Waals surface area contributed by atoms with E-state index >= 15 is 28.8 Å². The molecule has 0 fully saturated rings. The molecule has 1 N–H and O–H groups in total. The van der Waals surface area contributed by atoms with Crippen LogP contribution in [0.3, 0.4) is 0 Å². The molecule has 7 amide bonds. The van der Waals surface area contributed by atoms with E-state index in [4.69, 9.17) is 18.9 Å². The highest BCUT2D eigenvalue weighted by molar-refractivity contribution is 6.45. The molecule has 2 unspecified atom stereocenters. The monoisotopic (exact) mass is 1610 g/mol. The van der Waals surface area contributed by atoms with Gasteiger partial charge in [-0.1, -0.05) is 205 Å². The zero-order chi connectivity index (χ0) is 86.8. The summed E-state index contributed by atoms with van der Waals surface area (Å²) < 4.78 is 29.9. The Hall–Kier alpha value is -12.2. The Morgan fingerprint density at radius 2 is 0.692 bits per heavy atom. The van der Waals surface area contributed by atoms with Crippen LogP contribution in [0.15, 0.2) is 194 Å². The number of Topliss-reactive ketones (excluding diaryl/α,β-unsaturated/α-hetero) is 1. The number of ketones is 1. The summed E-state index contributed by atoms with van der Waals surface area (Å²) in [4.78, 5) is 132. The number of nitrogens with one attached hydrogen (secondary N) is 1. The average Bonchev–Trinajstić information content (AvgIpc) is 0.669. The van der Waals surface area contributed by atoms with Crippen LogP contribution in [0.25, 0.3) is 43.1 Å². The van der Waals surface area contributed by atoms with Crippen LogP contribution in [0.5, 0.6) is 46.0 Å². The molecule has 2 aliphatic heterocycles. The number of nitrogens with zero attached hydrogens (tertiary/aromatic N) is 4. The standard InChI is InChI=1S/C103H111N5O12/c1-23-47-105(68-29-25-27-62(51-68)52-80(109)60(7)8)98(115)78(49-58(3)4)107-94(111)74-54-81(117-70-39-31-63(32-40-70)100(11,12)13)87-89-83(119-72-43-35-65(36-44-72)102(17,18)19)56-76-86-77(97(114)108(96(76)113)79(50-59(5)6)99(116)106(48-24-2)69-30-26-28-67(53-69)104-93(110)61(9)10)57-84(120-73-45-37-66(38-46-73)103(20,21)22)90(92(86)89)88-82(55-75(95(107)112)85(74)91(87)88)118-71-41-33-64(34-42-71)101(14,15)16/h25-46,51,53-59,78-79H,7,9,23-24,47-50,52H2,1-6,8,10-22H3,(H,104,110). The van der Waals surface area contributed by atoms with E-state index in [-0.39, 0.29) is 166 Å². The van der Waals surface area contributed by atoms with Crippen LogP contribution < -0.4 is 34.1 Å². The van der Waals surface area contributed by atoms with Gasteiger partial charge in [-0.05, 0) is 210 Å². The minimum atomic E-state index is -1.43. The number of ether oxygens (including phenoxy) is 4. The van der Waals surface area contributed by atoms with Gasteiger partial charge in [0.25, 0.3) is 29.5 Å². The lowest BCUT2D eigenvalue weighted by Gasteiger charge is -2.38. The first-order chi connectivity index (χ1) is 56.6. The molecule has 13 rings (SSSR count). The van der Waals surface area contributed by atoms with Crippen molar-refractivity contribution in [1.29, 1.82) is 0 Å². The van der Waals surface area contributed by atoms with E-state index in [0.29, 0.717) is 64.0 Å². The lowest BCUT2D eigenvalue weighted by molar-refractivity contribution is -0.123. The number of benzene rings is 11. The molecule has 0 saturated heterocycles. The summed E-state index contributed by atoms with van der Waals surface area (Å²) in [6.07, 6.45) is 1.09. The van der Waals surface area contributed by atoms with Crippen LogP contribution >= 0.6 is 0 Å². The predicted molar refractivity (Wildman–Crippen MR) is 481 cm³/mol. The van der Waals surface area contributed by atoms with Gasteiger partial charge in [-0.2, -0.15) is 0 Å². The maximum atomic E-state index is 17.0. The second-order valence-electron chi connectivity index (χ2n) is 37.3. The number of carbonyl (C=O) groups is 8. The molecular formula is C103H111N5O12. The Bertz CT molecular complexity index is 5330. The quantitative estimate of drug-likeness (QED) is 0.0221. The van der Waals surface area contributed by atoms with Crippen molar-refractivity contribution in [3.05, 3.63) is 244 Å². The van der Waals surface area contributed by atoms with Gasteiger partial charge in [-0.25, -0.2) is 0 Å². The summed E-state index contributed by atoms with van der Waals surface area (Å²) in [5, 5.41) is 4.93. The minimum Gasteiger partial charge on any atom is -0.457 e. The van der Waals surface area contributed by atoms with Crippen LogP contribution in [0, 0.1) is 11.8 Å². The Morgan fingerprint density at radius 1 is 0.392 bits per heavy atom. The zero-order valence-electron chi connectivity index (χ0n) is 73.0. The van der Waals surface area contributed by atoms with Gasteiger partial charge in [0.15, 0.2) is 5.78 Å². The summed E-state index contributed by atoms with van der Waals surface area (Å²) in [6.45, 7) is 48.3. The number of rotatable bonds is 27. The first kappa shape index (κ1) is 85.6. The van der Waals surface area contributed by atoms with Crippen molar-refractivity contribution >= 4 is 107 Å². The van der Waals surface area contributed by atoms with Crippen LogP contribution in [0.1, 0.15) is 233 Å². The molecule has 17 heteroatoms. The molecule has 17 nitrogen and oxygen atoms in total. The van der Waals surface area contributed by atoms with E-state index in [1.807, 2.05) is 145 Å². The third-order valence-corrected chi connectivity index (χ3v) is 22.6. The first-order valence-electron chi connectivity index (χ1n) is 41.8. The predicted octanol–water partition coefficient (Wildman–Crippen LogP) is 24.2. The van der Waals surface area contributed by atoms with E-state index in [1.54, 1.807) is 90.4 Å². The van der Waals surface area contributed by atoms with Crippen molar-refractivity contribution in [2.75, 3.05) is 28.2 Å². The maximum absolute atomic E-state index is 17.0. The van der Waals surface area contributed by atoms with Crippen molar-refractivity contribution in [2.24, 2.45) is 11.8 Å². The molecule has 0 bridgehead atoms. The molecule has 0 spiro atoms. The van der Waals surface area contributed by atoms with Crippen molar-refractivity contribution < 1.29 is 57.3 Å². The molecule has 0 aliphatic carbocycles. The lowest BCUT2D eigenvalue weighted by Crippen LogP contribution is -2.55. The van der Waals surface area contributed by atoms with Crippen LogP contribution in [0.2, 0.25) is 0 Å². The highest BCUT2D eigenvalue weighted by Crippen LogP contribution is 2.59. The summed E-state index contributed by atoms with van der Waals surface area (Å²) in [7, 11) is 0. The van der Waals surface area contributed by atoms with Crippen LogP contribution in [0.4, 0.5) is 17.1 Å². The molecule has 11 aromatic carbocycles. The third-order valence-electron chi connectivity index (χ3n) is 22.6. The molecule has 0 saturated carbocycles. The number of carbonyl (C=O) groups excluding carboxylic acids is 8. The first-order valence-corrected chi connectivity index (χ1v) is 41.8. The fraction of sp³-hybridized carbons (Fsp3) is 0.340. The number of amides is 7. The molecule has 2 aliphatic rings. The molecule has 0 aromatic heterocycles. The van der Waals surface area contributed by atoms with Gasteiger partial charge >= 0.3 is 0 Å². The Balaban J connectivity index is 1.18. The second kappa shape index (κ2) is 33.2. The summed E-state index contributed by atoms with van der Waals surface area (Å²) in [5.41, 5.74) is 5.49. The molecule has 620 valence electrons. The van der Waals surface area contributed by atoms with Gasteiger partial charge in [-0.3, -0.25) is 48.2 Å². The van der Waals surface area contributed by atoms with Gasteiger partial charge in [-0.15, -0.1) is 0 Å². The molecule has 11 aromatic rings. The number of allylic oxidation sites excluding steroid dienone is 1. The number of hydrogen-bond donors (Lipinski definition) is 1. The normalized spacial score (nSPS) is 13.7. The van der Waals surface area contributed by atoms with Gasteiger partial charge in [0.1, 0.15) is 58.1 Å². The Morgan fingerprint density at radius 3 is 0.967 bits per heavy atom. The van der Waals surface area contributed by atoms with E-state index in [0.717, 1.165) is 32.1 Å². The highest BCUT2D eigenvalue weighted by Gasteiger charge is 2.48. The summed E-state index contributed by atoms with van der Waals surface area (Å²) >= 11 is 0. The van der Waals surface area contributed by atoms with E-state index in [9.17, 15) is 9.59 Å². The summed E-state index contributed by atoms with van der Waals surface area (Å²) in [6, 6.07) is 48.4. The minimum absolute atomic E-state index is 0.000622. The van der Waals surface area contributed by atoms with E-state index < -0.39 is 53.4 Å². The van der Waals surface area contributed by atoms with Gasteiger partial charge < -0.3 is 34.1 Å². The van der Waals surface area contributed by atoms with Gasteiger partial charge in [0.05, 0.1) is 22.3 Å². The van der Waals surface area contributed by atoms with Crippen molar-refractivity contribution in [2.45, 2.75) is 204 Å². The maximum Gasteiger partial charge on any atom is 0.262 e. The van der Waals surface area contributed by atoms with Crippen LogP contribution in [-0.2, 0) is 47.3 Å². The molecule has 0 radical (unpaired) electrons. The Labute approximate surface area is 705 Å². The molecule has 2 heterocycles. The number of anilines is 3. The summed E-state index contributed by atoms with van der Waals surface area (Å²) in [5.74, 6) is -3.61. The van der Waals surface area contributed by atoms with Crippen molar-refractivity contribution in [3.63, 3.8) is 0 Å². The smallest absolute Gasteiger partial charge is 0.262 e. The lowest BCUT2D eigenvalue weighted by atomic mass is 9.80. The molecular weight excluding hydrogens is 1500 g/mol. The topological polar surface area (TPSA) is 198 Å². The van der Waals surface area contributed by atoms with E-state index in [2.05, 4.69) is 102 Å². The third kappa shape index (κ3) is 16.9. The van der Waals surface area contributed by atoms with Crippen LogP contribution in [-0.4, -0.2) is 82.1 Å². The SMILES string of the molecule is C=C(C)C(=O)Cc1cccc(N(CCC)C(=O)C(CC(C)C)N2C(=O)c3cc(Oc4ccc(C(C)(C)C)cc4)c4c5c(Oc6ccc(C(C)(C)C)cc6)cc6c7c(cc(Oc8ccc(C(C)(C)C)cc8)c(c8c(Oc9ccc(C(C)(C)C)cc9)cc(c3c48)C2=O)c75)C(=O)N(C(CC(C)C)C(=O)N(CCC)c2cccc(NC(=O)C(=C)C)c2)C6=O)c1. The van der Waals surface area contributed by atoms with Crippen molar-refractivity contribution in [1.82, 2.24) is 9.80 Å². The molecule has 120 heavy (non-hydrogen) atoms. The Kier molecular flexibility index (Phi) is 23.7. The number of hydrogen-bond acceptors (Lipinski definition) is 12. The van der Waals surface area contributed by atoms with Crippen molar-refractivity contribution in [3.8, 4) is 46.0 Å². The fourth-order valence-corrected chi connectivity index (χ4v) is 16.3. The average molecular weight is 1610 g/mol. The number of imide groups is 2. The number of fused-ring (bicyclic) bond motifs is 2. The zero-order valence-corrected chi connectivity index (χ0v) is 73.0. The van der Waals surface area contributed by atoms with E-state index in [1.165, 1.54) is 0 Å². The second-order valence-corrected chi connectivity index (χ2v) is 37.3.